The minimum atomic E-state index is -4.65. The monoisotopic (exact) mass is 437 g/mol. The molecule has 3 N–H and O–H groups in total. The third kappa shape index (κ3) is 3.71. The summed E-state index contributed by atoms with van der Waals surface area (Å²) in [6, 6.07) is 16.4. The van der Waals surface area contributed by atoms with Crippen molar-refractivity contribution in [3.63, 3.8) is 0 Å². The molecule has 2 aromatic heterocycles. The van der Waals surface area contributed by atoms with Crippen LogP contribution in [-0.4, -0.2) is 16.1 Å². The number of alkyl halides is 3. The van der Waals surface area contributed by atoms with Crippen molar-refractivity contribution >= 4 is 28.6 Å². The third-order valence-electron chi connectivity index (χ3n) is 5.12. The Morgan fingerprint density at radius 2 is 1.59 bits per heavy atom. The minimum absolute atomic E-state index is 0.0682. The number of ketones is 1. The smallest absolute Gasteiger partial charge is 0.396 e. The average Bonchev–Trinajstić information content (AvgIpc) is 3.05. The topological polar surface area (TPSA) is 76.6 Å². The quantitative estimate of drug-likeness (QED) is 0.424. The van der Waals surface area contributed by atoms with Crippen LogP contribution in [0.5, 0.6) is 0 Å². The van der Waals surface area contributed by atoms with Gasteiger partial charge in [-0.05, 0) is 31.2 Å². The number of nitrogens with two attached hydrogens (primary N) is 1. The largest absolute Gasteiger partial charge is 0.418 e. The molecule has 0 aliphatic rings. The van der Waals surface area contributed by atoms with E-state index in [4.69, 9.17) is 5.73 Å². The van der Waals surface area contributed by atoms with E-state index in [2.05, 4.69) is 5.32 Å². The summed E-state index contributed by atoms with van der Waals surface area (Å²) in [5.41, 5.74) is 6.40. The highest BCUT2D eigenvalue weighted by Crippen LogP contribution is 2.35. The number of pyridine rings is 1. The number of amides is 1. The SMILES string of the molecule is Cc1ccc(C(=O)c2c(N)c(C(=O)Nc3ccccc3C(F)(F)F)c3ccccn23)cc1. The molecule has 0 saturated carbocycles. The molecule has 2 aromatic carbocycles. The molecule has 1 amide bonds. The summed E-state index contributed by atoms with van der Waals surface area (Å²) in [5, 5.41) is 2.30. The molecule has 32 heavy (non-hydrogen) atoms. The van der Waals surface area contributed by atoms with E-state index in [-0.39, 0.29) is 16.9 Å². The summed E-state index contributed by atoms with van der Waals surface area (Å²) >= 11 is 0. The van der Waals surface area contributed by atoms with E-state index < -0.39 is 29.1 Å². The molecule has 5 nitrogen and oxygen atoms in total. The van der Waals surface area contributed by atoms with Crippen LogP contribution in [0, 0.1) is 6.92 Å². The van der Waals surface area contributed by atoms with Gasteiger partial charge in [0.15, 0.2) is 0 Å². The number of benzene rings is 2. The first kappa shape index (κ1) is 21.2. The first-order valence-corrected chi connectivity index (χ1v) is 9.66. The number of nitrogen functional groups attached to an aromatic ring is 1. The first-order chi connectivity index (χ1) is 15.2. The van der Waals surface area contributed by atoms with Gasteiger partial charge in [0.2, 0.25) is 5.78 Å². The van der Waals surface area contributed by atoms with Gasteiger partial charge in [-0.2, -0.15) is 13.2 Å². The fraction of sp³-hybridized carbons (Fsp3) is 0.0833. The maximum absolute atomic E-state index is 13.3. The van der Waals surface area contributed by atoms with Crippen molar-refractivity contribution in [2.24, 2.45) is 0 Å². The summed E-state index contributed by atoms with van der Waals surface area (Å²) < 4.78 is 41.5. The second-order valence-corrected chi connectivity index (χ2v) is 7.29. The van der Waals surface area contributed by atoms with Gasteiger partial charge in [0.1, 0.15) is 5.69 Å². The van der Waals surface area contributed by atoms with Crippen molar-refractivity contribution < 1.29 is 22.8 Å². The lowest BCUT2D eigenvalue weighted by Gasteiger charge is -2.13. The number of fused-ring (bicyclic) bond motifs is 1. The lowest BCUT2D eigenvalue weighted by atomic mass is 10.0. The molecule has 0 fully saturated rings. The Labute approximate surface area is 181 Å². The van der Waals surface area contributed by atoms with Gasteiger partial charge < -0.3 is 15.5 Å². The number of aromatic nitrogens is 1. The number of halogens is 3. The van der Waals surface area contributed by atoms with Crippen molar-refractivity contribution in [3.8, 4) is 0 Å². The van der Waals surface area contributed by atoms with E-state index in [1.807, 2.05) is 6.92 Å². The van der Waals surface area contributed by atoms with Crippen molar-refractivity contribution in [2.45, 2.75) is 13.1 Å². The van der Waals surface area contributed by atoms with Gasteiger partial charge in [0.05, 0.1) is 28.0 Å². The van der Waals surface area contributed by atoms with Gasteiger partial charge in [-0.1, -0.05) is 48.0 Å². The van der Waals surface area contributed by atoms with Crippen molar-refractivity contribution in [1.29, 1.82) is 0 Å². The number of carbonyl (C=O) groups excluding carboxylic acids is 2. The third-order valence-corrected chi connectivity index (χ3v) is 5.12. The number of nitrogens with one attached hydrogen (secondary N) is 1. The van der Waals surface area contributed by atoms with E-state index in [0.29, 0.717) is 11.1 Å². The second kappa shape index (κ2) is 7.88. The Morgan fingerprint density at radius 3 is 2.28 bits per heavy atom. The van der Waals surface area contributed by atoms with Crippen molar-refractivity contribution in [1.82, 2.24) is 4.40 Å². The van der Waals surface area contributed by atoms with Crippen LogP contribution in [0.25, 0.3) is 5.52 Å². The molecule has 0 radical (unpaired) electrons. The summed E-state index contributed by atoms with van der Waals surface area (Å²) in [5.74, 6) is -1.25. The molecule has 2 heterocycles. The van der Waals surface area contributed by atoms with Gasteiger partial charge in [-0.15, -0.1) is 0 Å². The van der Waals surface area contributed by atoms with Gasteiger partial charge in [0.25, 0.3) is 5.91 Å². The molecular weight excluding hydrogens is 419 g/mol. The highest BCUT2D eigenvalue weighted by molar-refractivity contribution is 6.20. The zero-order chi connectivity index (χ0) is 23.0. The molecule has 0 atom stereocenters. The van der Waals surface area contributed by atoms with E-state index in [9.17, 15) is 22.8 Å². The molecule has 4 aromatic rings. The van der Waals surface area contributed by atoms with E-state index in [1.165, 1.54) is 16.5 Å². The zero-order valence-electron chi connectivity index (χ0n) is 16.9. The van der Waals surface area contributed by atoms with E-state index in [1.54, 1.807) is 48.7 Å². The molecule has 0 saturated heterocycles. The van der Waals surface area contributed by atoms with Crippen LogP contribution >= 0.6 is 0 Å². The fourth-order valence-electron chi connectivity index (χ4n) is 3.56. The van der Waals surface area contributed by atoms with Crippen LogP contribution in [0.15, 0.2) is 72.9 Å². The van der Waals surface area contributed by atoms with E-state index in [0.717, 1.165) is 17.7 Å². The van der Waals surface area contributed by atoms with Crippen LogP contribution in [-0.2, 0) is 6.18 Å². The molecule has 162 valence electrons. The number of hydrogen-bond acceptors (Lipinski definition) is 3. The highest BCUT2D eigenvalue weighted by Gasteiger charge is 2.34. The van der Waals surface area contributed by atoms with E-state index >= 15 is 0 Å². The number of nitrogens with zero attached hydrogens (tertiary/aromatic N) is 1. The summed E-state index contributed by atoms with van der Waals surface area (Å²) in [7, 11) is 0. The van der Waals surface area contributed by atoms with Gasteiger partial charge >= 0.3 is 6.18 Å². The minimum Gasteiger partial charge on any atom is -0.396 e. The molecular formula is C24H18F3N3O2. The Kier molecular flexibility index (Phi) is 5.22. The average molecular weight is 437 g/mol. The van der Waals surface area contributed by atoms with Crippen LogP contribution in [0.4, 0.5) is 24.5 Å². The highest BCUT2D eigenvalue weighted by atomic mass is 19.4. The Balaban J connectivity index is 1.81. The summed E-state index contributed by atoms with van der Waals surface area (Å²) in [6.07, 6.45) is -3.07. The Morgan fingerprint density at radius 1 is 0.938 bits per heavy atom. The maximum Gasteiger partial charge on any atom is 0.418 e. The second-order valence-electron chi connectivity index (χ2n) is 7.29. The Bertz CT molecular complexity index is 1340. The van der Waals surface area contributed by atoms with Crippen LogP contribution < -0.4 is 11.1 Å². The molecule has 0 bridgehead atoms. The molecule has 8 heteroatoms. The summed E-state index contributed by atoms with van der Waals surface area (Å²) in [6.45, 7) is 1.89. The Hall–Kier alpha value is -4.07. The first-order valence-electron chi connectivity index (χ1n) is 9.66. The number of para-hydroxylation sites is 1. The molecule has 0 spiro atoms. The fourth-order valence-corrected chi connectivity index (χ4v) is 3.56. The van der Waals surface area contributed by atoms with Crippen molar-refractivity contribution in [3.05, 3.63) is 101 Å². The van der Waals surface area contributed by atoms with Gasteiger partial charge in [-0.25, -0.2) is 0 Å². The lowest BCUT2D eigenvalue weighted by molar-refractivity contribution is -0.136. The lowest BCUT2D eigenvalue weighted by Crippen LogP contribution is -2.17. The number of hydrogen-bond donors (Lipinski definition) is 2. The van der Waals surface area contributed by atoms with Crippen LogP contribution in [0.1, 0.15) is 37.5 Å². The number of carbonyl (C=O) groups is 2. The van der Waals surface area contributed by atoms with Gasteiger partial charge in [0, 0.05) is 11.8 Å². The van der Waals surface area contributed by atoms with Crippen LogP contribution in [0.3, 0.4) is 0 Å². The molecule has 4 rings (SSSR count). The predicted octanol–water partition coefficient (Wildman–Crippen LogP) is 5.33. The summed E-state index contributed by atoms with van der Waals surface area (Å²) in [4.78, 5) is 26.3. The number of rotatable bonds is 4. The standard InChI is InChI=1S/C24H18F3N3O2/c1-14-9-11-15(12-10-14)22(31)21-20(28)19(18-8-4-5-13-30(18)21)23(32)29-17-7-3-2-6-16(17)24(25,26)27/h2-13H,28H2,1H3,(H,29,32). The van der Waals surface area contributed by atoms with Gasteiger partial charge in [-0.3, -0.25) is 9.59 Å². The molecule has 0 aliphatic carbocycles. The maximum atomic E-state index is 13.3. The normalized spacial score (nSPS) is 11.5. The molecule has 0 aliphatic heterocycles. The predicted molar refractivity (Wildman–Crippen MR) is 116 cm³/mol. The number of aryl methyl sites for hydroxylation is 1. The van der Waals surface area contributed by atoms with Crippen molar-refractivity contribution in [2.75, 3.05) is 11.1 Å². The zero-order valence-corrected chi connectivity index (χ0v) is 16.9. The number of anilines is 2. The van der Waals surface area contributed by atoms with Crippen LogP contribution in [0.2, 0.25) is 0 Å². The molecule has 0 unspecified atom stereocenters.